The van der Waals surface area contributed by atoms with Crippen molar-refractivity contribution in [2.24, 2.45) is 0 Å². The lowest BCUT2D eigenvalue weighted by molar-refractivity contribution is -0.384. The number of carbonyl (C=O) groups is 3. The zero-order valence-corrected chi connectivity index (χ0v) is 15.3. The van der Waals surface area contributed by atoms with E-state index in [0.29, 0.717) is 25.1 Å². The van der Waals surface area contributed by atoms with E-state index in [2.05, 4.69) is 5.32 Å². The summed E-state index contributed by atoms with van der Waals surface area (Å²) >= 11 is 0. The zero-order chi connectivity index (χ0) is 20.5. The second kappa shape index (κ2) is 7.29. The molecule has 0 spiro atoms. The molecule has 2 fully saturated rings. The topological polar surface area (TPSA) is 128 Å². The number of nitro benzene ring substituents is 1. The molecule has 1 N–H and O–H groups in total. The van der Waals surface area contributed by atoms with Crippen molar-refractivity contribution in [3.8, 4) is 0 Å². The maximum Gasteiger partial charge on any atom is 0.350 e. The van der Waals surface area contributed by atoms with Crippen LogP contribution in [0.5, 0.6) is 0 Å². The summed E-state index contributed by atoms with van der Waals surface area (Å²) < 4.78 is 10.1. The summed E-state index contributed by atoms with van der Waals surface area (Å²) in [4.78, 5) is 48.5. The van der Waals surface area contributed by atoms with Gasteiger partial charge in [0.05, 0.1) is 4.92 Å². The van der Waals surface area contributed by atoms with Gasteiger partial charge in [-0.15, -0.1) is 0 Å². The Morgan fingerprint density at radius 1 is 1.25 bits per heavy atom. The second-order valence-corrected chi connectivity index (χ2v) is 6.91. The number of hydrogen-bond donors (Lipinski definition) is 1. The molecule has 10 nitrogen and oxygen atoms in total. The second-order valence-electron chi connectivity index (χ2n) is 6.91. The Morgan fingerprint density at radius 3 is 2.43 bits per heavy atom. The molecule has 0 bridgehead atoms. The van der Waals surface area contributed by atoms with Crippen molar-refractivity contribution in [3.05, 3.63) is 46.2 Å². The number of amides is 1. The SMILES string of the molecule is CC1(C)OC(=O)C(=CN2CCCC2C(=O)Nc2ccc([N+](=O)[O-])cc2)C(=O)O1. The number of nitro groups is 1. The fraction of sp³-hybridized carbons (Fsp3) is 0.389. The molecule has 10 heteroatoms. The standard InChI is InChI=1S/C18H19N3O7/c1-18(2)27-16(23)13(17(24)28-18)10-20-9-3-4-14(20)15(22)19-11-5-7-12(8-6-11)21(25)26/h5-8,10,14H,3-4,9H2,1-2H3,(H,19,22). The maximum atomic E-state index is 12.6. The summed E-state index contributed by atoms with van der Waals surface area (Å²) in [5.41, 5.74) is 0.0603. The Bertz CT molecular complexity index is 838. The summed E-state index contributed by atoms with van der Waals surface area (Å²) in [7, 11) is 0. The minimum Gasteiger partial charge on any atom is -0.419 e. The number of ether oxygens (including phenoxy) is 2. The minimum absolute atomic E-state index is 0.0810. The molecule has 1 unspecified atom stereocenters. The predicted molar refractivity (Wildman–Crippen MR) is 95.8 cm³/mol. The van der Waals surface area contributed by atoms with E-state index in [4.69, 9.17) is 9.47 Å². The van der Waals surface area contributed by atoms with E-state index < -0.39 is 28.7 Å². The molecule has 28 heavy (non-hydrogen) atoms. The van der Waals surface area contributed by atoms with Crippen molar-refractivity contribution >= 4 is 29.2 Å². The monoisotopic (exact) mass is 389 g/mol. The van der Waals surface area contributed by atoms with Gasteiger partial charge in [0.15, 0.2) is 5.57 Å². The molecule has 148 valence electrons. The number of likely N-dealkylation sites (tertiary alicyclic amines) is 1. The molecular weight excluding hydrogens is 370 g/mol. The van der Waals surface area contributed by atoms with Crippen LogP contribution >= 0.6 is 0 Å². The third-order valence-electron chi connectivity index (χ3n) is 4.35. The molecule has 0 aliphatic carbocycles. The molecule has 1 aromatic carbocycles. The fourth-order valence-corrected chi connectivity index (χ4v) is 3.05. The van der Waals surface area contributed by atoms with E-state index in [1.165, 1.54) is 44.3 Å². The van der Waals surface area contributed by atoms with E-state index in [-0.39, 0.29) is 17.2 Å². The number of anilines is 1. The van der Waals surface area contributed by atoms with Crippen LogP contribution in [0.2, 0.25) is 0 Å². The number of non-ortho nitro benzene ring substituents is 1. The number of rotatable bonds is 4. The summed E-state index contributed by atoms with van der Waals surface area (Å²) in [5, 5.41) is 13.4. The molecule has 3 rings (SSSR count). The average molecular weight is 389 g/mol. The molecule has 0 aromatic heterocycles. The van der Waals surface area contributed by atoms with Crippen LogP contribution in [0, 0.1) is 10.1 Å². The van der Waals surface area contributed by atoms with Gasteiger partial charge in [-0.2, -0.15) is 0 Å². The average Bonchev–Trinajstić information content (AvgIpc) is 3.06. The van der Waals surface area contributed by atoms with Gasteiger partial charge in [0, 0.05) is 44.4 Å². The van der Waals surface area contributed by atoms with Crippen LogP contribution in [0.4, 0.5) is 11.4 Å². The highest BCUT2D eigenvalue weighted by molar-refractivity contribution is 6.15. The number of benzene rings is 1. The molecule has 1 amide bonds. The molecule has 2 aliphatic rings. The lowest BCUT2D eigenvalue weighted by Gasteiger charge is -2.31. The van der Waals surface area contributed by atoms with Crippen LogP contribution in [0.15, 0.2) is 36.0 Å². The molecule has 2 aliphatic heterocycles. The number of nitrogens with one attached hydrogen (secondary N) is 1. The summed E-state index contributed by atoms with van der Waals surface area (Å²) in [5.74, 6) is -3.28. The molecular formula is C18H19N3O7. The minimum atomic E-state index is -1.33. The Kier molecular flexibility index (Phi) is 5.04. The van der Waals surface area contributed by atoms with E-state index >= 15 is 0 Å². The number of hydrogen-bond acceptors (Lipinski definition) is 8. The largest absolute Gasteiger partial charge is 0.419 e. The predicted octanol–water partition coefficient (Wildman–Crippen LogP) is 1.72. The quantitative estimate of drug-likeness (QED) is 0.271. The van der Waals surface area contributed by atoms with Gasteiger partial charge in [-0.05, 0) is 25.0 Å². The van der Waals surface area contributed by atoms with Crippen LogP contribution in [0.1, 0.15) is 26.7 Å². The van der Waals surface area contributed by atoms with Crippen molar-refractivity contribution < 1.29 is 28.8 Å². The third kappa shape index (κ3) is 4.11. The van der Waals surface area contributed by atoms with Gasteiger partial charge >= 0.3 is 11.9 Å². The van der Waals surface area contributed by atoms with Gasteiger partial charge in [0.2, 0.25) is 5.91 Å². The van der Waals surface area contributed by atoms with Gasteiger partial charge in [-0.3, -0.25) is 14.9 Å². The van der Waals surface area contributed by atoms with Gasteiger partial charge in [-0.1, -0.05) is 0 Å². The Labute approximate surface area is 160 Å². The lowest BCUT2D eigenvalue weighted by atomic mass is 10.2. The van der Waals surface area contributed by atoms with Crippen LogP contribution in [-0.2, 0) is 23.9 Å². The zero-order valence-electron chi connectivity index (χ0n) is 15.3. The van der Waals surface area contributed by atoms with Crippen LogP contribution in [-0.4, -0.2) is 46.0 Å². The van der Waals surface area contributed by atoms with Crippen molar-refractivity contribution in [1.29, 1.82) is 0 Å². The molecule has 1 aromatic rings. The van der Waals surface area contributed by atoms with E-state index in [1.54, 1.807) is 4.90 Å². The van der Waals surface area contributed by atoms with Crippen molar-refractivity contribution in [3.63, 3.8) is 0 Å². The first kappa shape index (κ1) is 19.3. The first-order valence-electron chi connectivity index (χ1n) is 8.66. The lowest BCUT2D eigenvalue weighted by Crippen LogP contribution is -2.43. The van der Waals surface area contributed by atoms with Crippen LogP contribution in [0.3, 0.4) is 0 Å². The first-order valence-corrected chi connectivity index (χ1v) is 8.66. The van der Waals surface area contributed by atoms with Crippen LogP contribution in [0.25, 0.3) is 0 Å². The summed E-state index contributed by atoms with van der Waals surface area (Å²) in [6, 6.07) is 4.86. The Hall–Kier alpha value is -3.43. The third-order valence-corrected chi connectivity index (χ3v) is 4.35. The van der Waals surface area contributed by atoms with Crippen LogP contribution < -0.4 is 5.32 Å². The molecule has 1 atom stereocenters. The van der Waals surface area contributed by atoms with Crippen molar-refractivity contribution in [2.45, 2.75) is 38.5 Å². The van der Waals surface area contributed by atoms with Gasteiger partial charge in [0.25, 0.3) is 11.5 Å². The van der Waals surface area contributed by atoms with Gasteiger partial charge < -0.3 is 19.7 Å². The number of carbonyl (C=O) groups excluding carboxylic acids is 3. The van der Waals surface area contributed by atoms with Crippen molar-refractivity contribution in [1.82, 2.24) is 4.90 Å². The summed E-state index contributed by atoms with van der Waals surface area (Å²) in [6.45, 7) is 3.39. The molecule has 0 radical (unpaired) electrons. The Morgan fingerprint density at radius 2 is 1.86 bits per heavy atom. The number of nitrogens with zero attached hydrogens (tertiary/aromatic N) is 2. The van der Waals surface area contributed by atoms with E-state index in [0.717, 1.165) is 0 Å². The normalized spacial score (nSPS) is 21.0. The number of esters is 2. The maximum absolute atomic E-state index is 12.6. The fourth-order valence-electron chi connectivity index (χ4n) is 3.05. The Balaban J connectivity index is 1.72. The van der Waals surface area contributed by atoms with Crippen molar-refractivity contribution in [2.75, 3.05) is 11.9 Å². The first-order chi connectivity index (χ1) is 13.2. The highest BCUT2D eigenvalue weighted by atomic mass is 16.7. The molecule has 2 saturated heterocycles. The smallest absolute Gasteiger partial charge is 0.350 e. The van der Waals surface area contributed by atoms with E-state index in [9.17, 15) is 24.5 Å². The molecule has 2 heterocycles. The highest BCUT2D eigenvalue weighted by Crippen LogP contribution is 2.26. The highest BCUT2D eigenvalue weighted by Gasteiger charge is 2.40. The van der Waals surface area contributed by atoms with Gasteiger partial charge in [0.1, 0.15) is 6.04 Å². The summed E-state index contributed by atoms with van der Waals surface area (Å²) in [6.07, 6.45) is 2.52. The van der Waals surface area contributed by atoms with Gasteiger partial charge in [-0.25, -0.2) is 9.59 Å². The molecule has 0 saturated carbocycles. The number of cyclic esters (lactones) is 2. The van der Waals surface area contributed by atoms with E-state index in [1.807, 2.05) is 0 Å².